The van der Waals surface area contributed by atoms with Crippen molar-refractivity contribution in [3.63, 3.8) is 0 Å². The van der Waals surface area contributed by atoms with Crippen LogP contribution < -0.4 is 4.90 Å². The van der Waals surface area contributed by atoms with E-state index in [4.69, 9.17) is 0 Å². The van der Waals surface area contributed by atoms with Gasteiger partial charge in [0.05, 0.1) is 11.8 Å². The number of rotatable bonds is 4. The second-order valence-corrected chi connectivity index (χ2v) is 9.85. The van der Waals surface area contributed by atoms with Crippen LogP contribution >= 0.6 is 0 Å². The van der Waals surface area contributed by atoms with E-state index in [0.717, 1.165) is 31.5 Å². The Morgan fingerprint density at radius 2 is 2.04 bits per heavy atom. The predicted octanol–water partition coefficient (Wildman–Crippen LogP) is 2.11. The van der Waals surface area contributed by atoms with Crippen molar-refractivity contribution >= 4 is 21.4 Å². The summed E-state index contributed by atoms with van der Waals surface area (Å²) in [6, 6.07) is 8.05. The van der Waals surface area contributed by atoms with E-state index < -0.39 is 9.84 Å². The van der Waals surface area contributed by atoms with Gasteiger partial charge in [-0.25, -0.2) is 8.42 Å². The maximum Gasteiger partial charge on any atom is 0.244 e. The topological polar surface area (TPSA) is 57.7 Å². The average molecular weight is 365 g/mol. The third kappa shape index (κ3) is 4.06. The second kappa shape index (κ2) is 7.08. The summed E-state index contributed by atoms with van der Waals surface area (Å²) in [5.41, 5.74) is 2.25. The Balaban J connectivity index is 1.72. The largest absolute Gasteiger partial charge is 0.308 e. The summed E-state index contributed by atoms with van der Waals surface area (Å²) in [5.74, 6) is 0.465. The lowest BCUT2D eigenvalue weighted by atomic mass is 9.98. The number of nitrogens with zero attached hydrogens (tertiary/aromatic N) is 2. The van der Waals surface area contributed by atoms with Gasteiger partial charge in [-0.15, -0.1) is 0 Å². The molecule has 3 atom stereocenters. The number of para-hydroxylation sites is 1. The van der Waals surface area contributed by atoms with Crippen LogP contribution in [0.5, 0.6) is 0 Å². The van der Waals surface area contributed by atoms with Crippen LogP contribution in [0, 0.1) is 5.92 Å². The molecule has 0 aliphatic carbocycles. The summed E-state index contributed by atoms with van der Waals surface area (Å²) in [6.45, 7) is 5.59. The highest BCUT2D eigenvalue weighted by atomic mass is 32.2. The van der Waals surface area contributed by atoms with Gasteiger partial charge >= 0.3 is 0 Å². The Morgan fingerprint density at radius 1 is 1.32 bits per heavy atom. The summed E-state index contributed by atoms with van der Waals surface area (Å²) < 4.78 is 23.2. The first-order valence-electron chi connectivity index (χ1n) is 9.09. The van der Waals surface area contributed by atoms with Gasteiger partial charge in [-0.2, -0.15) is 0 Å². The molecular weight excluding hydrogens is 336 g/mol. The molecule has 0 saturated carbocycles. The minimum Gasteiger partial charge on any atom is -0.308 e. The second-order valence-electron chi connectivity index (χ2n) is 7.66. The Bertz CT molecular complexity index is 747. The molecule has 0 spiro atoms. The summed E-state index contributed by atoms with van der Waals surface area (Å²) in [6.07, 6.45) is 4.06. The van der Waals surface area contributed by atoms with E-state index in [9.17, 15) is 13.2 Å². The van der Waals surface area contributed by atoms with Crippen molar-refractivity contribution in [1.29, 1.82) is 0 Å². The molecule has 1 amide bonds. The van der Waals surface area contributed by atoms with Gasteiger partial charge < -0.3 is 4.90 Å². The number of fused-ring (bicyclic) bond motifs is 1. The van der Waals surface area contributed by atoms with Gasteiger partial charge in [0.1, 0.15) is 9.84 Å². The molecule has 2 heterocycles. The Labute approximate surface area is 150 Å². The zero-order chi connectivity index (χ0) is 18.2. The lowest BCUT2D eigenvalue weighted by Gasteiger charge is -2.38. The number of carbonyl (C=O) groups is 1. The molecule has 1 fully saturated rings. The van der Waals surface area contributed by atoms with Crippen molar-refractivity contribution in [2.24, 2.45) is 5.92 Å². The fraction of sp³-hybridized carbons (Fsp3) is 0.632. The van der Waals surface area contributed by atoms with E-state index in [1.165, 1.54) is 11.8 Å². The molecule has 1 aromatic carbocycles. The molecule has 138 valence electrons. The molecule has 5 nitrogen and oxygen atoms in total. The lowest BCUT2D eigenvalue weighted by Crippen LogP contribution is -2.52. The lowest BCUT2D eigenvalue weighted by molar-refractivity contribution is -0.124. The normalized spacial score (nSPS) is 25.6. The van der Waals surface area contributed by atoms with Crippen molar-refractivity contribution in [2.75, 3.05) is 30.0 Å². The van der Waals surface area contributed by atoms with Crippen LogP contribution in [0.1, 0.15) is 32.3 Å². The first kappa shape index (κ1) is 18.4. The third-order valence-electron chi connectivity index (χ3n) is 5.44. The van der Waals surface area contributed by atoms with Crippen LogP contribution in [-0.2, 0) is 21.1 Å². The Kier molecular flexibility index (Phi) is 5.21. The van der Waals surface area contributed by atoms with Gasteiger partial charge in [-0.3, -0.25) is 9.69 Å². The molecule has 1 aromatic rings. The van der Waals surface area contributed by atoms with Crippen LogP contribution in [-0.4, -0.2) is 56.4 Å². The quantitative estimate of drug-likeness (QED) is 0.821. The molecule has 2 aliphatic heterocycles. The van der Waals surface area contributed by atoms with E-state index >= 15 is 0 Å². The first-order valence-corrected chi connectivity index (χ1v) is 11.1. The number of anilines is 1. The molecule has 0 N–H and O–H groups in total. The zero-order valence-corrected chi connectivity index (χ0v) is 16.1. The van der Waals surface area contributed by atoms with Gasteiger partial charge in [-0.05, 0) is 57.2 Å². The summed E-state index contributed by atoms with van der Waals surface area (Å²) in [5, 5.41) is 0. The van der Waals surface area contributed by atoms with Crippen LogP contribution in [0.15, 0.2) is 24.3 Å². The fourth-order valence-corrected chi connectivity index (χ4v) is 5.40. The minimum absolute atomic E-state index is 0.123. The number of hydrogen-bond donors (Lipinski definition) is 0. The average Bonchev–Trinajstić information content (AvgIpc) is 2.88. The maximum absolute atomic E-state index is 13.2. The molecular formula is C19H28N2O3S. The molecule has 0 unspecified atom stereocenters. The van der Waals surface area contributed by atoms with Gasteiger partial charge in [0.15, 0.2) is 0 Å². The summed E-state index contributed by atoms with van der Waals surface area (Å²) in [7, 11) is -2.98. The number of sulfone groups is 1. The van der Waals surface area contributed by atoms with Crippen LogP contribution in [0.3, 0.4) is 0 Å². The van der Waals surface area contributed by atoms with E-state index in [1.807, 2.05) is 30.0 Å². The van der Waals surface area contributed by atoms with E-state index in [-0.39, 0.29) is 29.7 Å². The third-order valence-corrected chi connectivity index (χ3v) is 6.52. The maximum atomic E-state index is 13.2. The monoisotopic (exact) mass is 364 g/mol. The summed E-state index contributed by atoms with van der Waals surface area (Å²) in [4.78, 5) is 17.3. The Morgan fingerprint density at radius 3 is 2.76 bits per heavy atom. The zero-order valence-electron chi connectivity index (χ0n) is 15.3. The molecule has 25 heavy (non-hydrogen) atoms. The fourth-order valence-electron chi connectivity index (χ4n) is 4.27. The van der Waals surface area contributed by atoms with Gasteiger partial charge in [0.25, 0.3) is 0 Å². The number of likely N-dealkylation sites (tertiary alicyclic amines) is 1. The molecule has 6 heteroatoms. The van der Waals surface area contributed by atoms with Crippen molar-refractivity contribution in [1.82, 2.24) is 4.90 Å². The van der Waals surface area contributed by atoms with Gasteiger partial charge in [0.2, 0.25) is 5.91 Å². The van der Waals surface area contributed by atoms with E-state index in [1.54, 1.807) is 0 Å². The first-order chi connectivity index (χ1) is 11.8. The molecule has 0 bridgehead atoms. The highest BCUT2D eigenvalue weighted by Crippen LogP contribution is 2.33. The standard InChI is InChI=1S/C19H28N2O3S/c1-14-11-17-8-4-5-9-18(17)21(14)19(22)15(2)20-10-6-7-16(12-20)13-25(3,23)24/h4-5,8-9,14-16H,6-7,10-13H2,1-3H3/t14-,15+,16+/m0/s1. The predicted molar refractivity (Wildman–Crippen MR) is 101 cm³/mol. The van der Waals surface area contributed by atoms with E-state index in [0.29, 0.717) is 6.54 Å². The Hall–Kier alpha value is -1.40. The van der Waals surface area contributed by atoms with Crippen molar-refractivity contribution in [2.45, 2.75) is 45.2 Å². The van der Waals surface area contributed by atoms with Crippen molar-refractivity contribution in [3.8, 4) is 0 Å². The minimum atomic E-state index is -2.98. The number of hydrogen-bond acceptors (Lipinski definition) is 4. The van der Waals surface area contributed by atoms with Gasteiger partial charge in [0, 0.05) is 24.5 Å². The summed E-state index contributed by atoms with van der Waals surface area (Å²) >= 11 is 0. The highest BCUT2D eigenvalue weighted by molar-refractivity contribution is 7.90. The van der Waals surface area contributed by atoms with Gasteiger partial charge in [-0.1, -0.05) is 18.2 Å². The smallest absolute Gasteiger partial charge is 0.244 e. The SMILES string of the molecule is C[C@H](C(=O)N1c2ccccc2C[C@@H]1C)N1CCC[C@@H](CS(C)(=O)=O)C1. The van der Waals surface area contributed by atoms with Crippen molar-refractivity contribution < 1.29 is 13.2 Å². The molecule has 1 saturated heterocycles. The number of benzene rings is 1. The van der Waals surface area contributed by atoms with Crippen LogP contribution in [0.25, 0.3) is 0 Å². The molecule has 0 radical (unpaired) electrons. The van der Waals surface area contributed by atoms with Crippen LogP contribution in [0.2, 0.25) is 0 Å². The molecule has 3 rings (SSSR count). The number of carbonyl (C=O) groups excluding carboxylic acids is 1. The van der Waals surface area contributed by atoms with E-state index in [2.05, 4.69) is 17.9 Å². The highest BCUT2D eigenvalue weighted by Gasteiger charge is 2.36. The number of amides is 1. The van der Waals surface area contributed by atoms with Crippen molar-refractivity contribution in [3.05, 3.63) is 29.8 Å². The number of piperidine rings is 1. The van der Waals surface area contributed by atoms with Crippen LogP contribution in [0.4, 0.5) is 5.69 Å². The molecule has 0 aromatic heterocycles. The molecule has 2 aliphatic rings.